The molecule has 0 aliphatic rings. The number of carbonyl (C=O) groups excluding carboxylic acids is 2. The van der Waals surface area contributed by atoms with Crippen LogP contribution in [0.1, 0.15) is 46.0 Å². The van der Waals surface area contributed by atoms with Gasteiger partial charge in [0.25, 0.3) is 5.91 Å². The van der Waals surface area contributed by atoms with Gasteiger partial charge in [-0.25, -0.2) is 5.43 Å². The van der Waals surface area contributed by atoms with Crippen LogP contribution in [0.3, 0.4) is 0 Å². The van der Waals surface area contributed by atoms with Crippen molar-refractivity contribution in [3.8, 4) is 0 Å². The molecule has 0 radical (unpaired) electrons. The van der Waals surface area contributed by atoms with Crippen molar-refractivity contribution in [1.82, 2.24) is 5.43 Å². The normalized spacial score (nSPS) is 11.2. The van der Waals surface area contributed by atoms with Crippen LogP contribution < -0.4 is 10.7 Å². The van der Waals surface area contributed by atoms with E-state index in [1.807, 2.05) is 52.0 Å². The smallest absolute Gasteiger partial charge is 0.271 e. The first kappa shape index (κ1) is 19.4. The van der Waals surface area contributed by atoms with Crippen molar-refractivity contribution < 1.29 is 9.59 Å². The molecule has 0 saturated carbocycles. The molecule has 0 unspecified atom stereocenters. The molecule has 0 heterocycles. The quantitative estimate of drug-likeness (QED) is 0.630. The third-order valence-electron chi connectivity index (χ3n) is 4.10. The van der Waals surface area contributed by atoms with Crippen molar-refractivity contribution in [1.29, 1.82) is 0 Å². The van der Waals surface area contributed by atoms with E-state index in [4.69, 9.17) is 0 Å². The maximum atomic E-state index is 12.3. The van der Waals surface area contributed by atoms with Gasteiger partial charge in [0, 0.05) is 17.0 Å². The summed E-state index contributed by atoms with van der Waals surface area (Å²) in [5.74, 6) is -0.445. The molecule has 2 rings (SSSR count). The standard InChI is InChI=1S/C21H25N3O2/c1-13-10-15(3)20(16(4)11-13)22-19(25)12-17(5)23-24-21(26)18-9-7-6-8-14(18)2/h6-11H,12H2,1-5H3,(H,22,25)(H,24,26)/b23-17+. The second-order valence-corrected chi connectivity index (χ2v) is 6.60. The second kappa shape index (κ2) is 8.43. The third-order valence-corrected chi connectivity index (χ3v) is 4.10. The fourth-order valence-electron chi connectivity index (χ4n) is 2.87. The molecule has 2 aromatic rings. The number of carbonyl (C=O) groups is 2. The summed E-state index contributed by atoms with van der Waals surface area (Å²) in [6.07, 6.45) is 0.112. The van der Waals surface area contributed by atoms with Gasteiger partial charge in [0.1, 0.15) is 0 Å². The SMILES string of the molecule is C/C(CC(=O)Nc1c(C)cc(C)cc1C)=N\NC(=O)c1ccccc1C. The monoisotopic (exact) mass is 351 g/mol. The summed E-state index contributed by atoms with van der Waals surface area (Å²) in [4.78, 5) is 24.4. The van der Waals surface area contributed by atoms with Crippen LogP contribution in [-0.4, -0.2) is 17.5 Å². The van der Waals surface area contributed by atoms with Crippen LogP contribution >= 0.6 is 0 Å². The Kier molecular flexibility index (Phi) is 6.28. The van der Waals surface area contributed by atoms with Crippen LogP contribution in [0.2, 0.25) is 0 Å². The lowest BCUT2D eigenvalue weighted by Gasteiger charge is -2.13. The van der Waals surface area contributed by atoms with E-state index in [0.29, 0.717) is 11.3 Å². The number of hydrogen-bond donors (Lipinski definition) is 2. The minimum atomic E-state index is -0.284. The Morgan fingerprint density at radius 2 is 1.58 bits per heavy atom. The summed E-state index contributed by atoms with van der Waals surface area (Å²) in [5, 5.41) is 6.97. The van der Waals surface area contributed by atoms with Crippen LogP contribution in [-0.2, 0) is 4.79 Å². The van der Waals surface area contributed by atoms with Crippen LogP contribution in [0.25, 0.3) is 0 Å². The van der Waals surface area contributed by atoms with Crippen molar-refractivity contribution in [2.24, 2.45) is 5.10 Å². The first-order valence-electron chi connectivity index (χ1n) is 8.54. The van der Waals surface area contributed by atoms with E-state index in [9.17, 15) is 9.59 Å². The lowest BCUT2D eigenvalue weighted by Crippen LogP contribution is -2.22. The van der Waals surface area contributed by atoms with E-state index in [1.165, 1.54) is 0 Å². The highest BCUT2D eigenvalue weighted by Crippen LogP contribution is 2.22. The second-order valence-electron chi connectivity index (χ2n) is 6.60. The molecule has 26 heavy (non-hydrogen) atoms. The van der Waals surface area contributed by atoms with Crippen LogP contribution in [0.5, 0.6) is 0 Å². The highest BCUT2D eigenvalue weighted by Gasteiger charge is 2.11. The first-order valence-corrected chi connectivity index (χ1v) is 8.54. The summed E-state index contributed by atoms with van der Waals surface area (Å²) >= 11 is 0. The average molecular weight is 351 g/mol. The molecule has 0 aromatic heterocycles. The van der Waals surface area contributed by atoms with Gasteiger partial charge in [-0.2, -0.15) is 5.10 Å². The van der Waals surface area contributed by atoms with E-state index in [1.54, 1.807) is 19.1 Å². The van der Waals surface area contributed by atoms with Gasteiger partial charge in [0.2, 0.25) is 5.91 Å². The highest BCUT2D eigenvalue weighted by atomic mass is 16.2. The van der Waals surface area contributed by atoms with E-state index < -0.39 is 0 Å². The number of hydrazone groups is 1. The Balaban J connectivity index is 1.98. The number of rotatable bonds is 5. The van der Waals surface area contributed by atoms with Crippen molar-refractivity contribution in [3.63, 3.8) is 0 Å². The lowest BCUT2D eigenvalue weighted by atomic mass is 10.0. The van der Waals surface area contributed by atoms with Gasteiger partial charge in [0.15, 0.2) is 0 Å². The largest absolute Gasteiger partial charge is 0.325 e. The summed E-state index contributed by atoms with van der Waals surface area (Å²) in [7, 11) is 0. The molecule has 5 heteroatoms. The molecular formula is C21H25N3O2. The first-order chi connectivity index (χ1) is 12.3. The average Bonchev–Trinajstić information content (AvgIpc) is 2.56. The Labute approximate surface area is 154 Å². The molecule has 5 nitrogen and oxygen atoms in total. The molecule has 0 fully saturated rings. The number of nitrogens with one attached hydrogen (secondary N) is 2. The molecule has 0 atom stereocenters. The molecule has 2 N–H and O–H groups in total. The molecule has 2 aromatic carbocycles. The Bertz CT molecular complexity index is 846. The van der Waals surface area contributed by atoms with Crippen molar-refractivity contribution in [2.75, 3.05) is 5.32 Å². The van der Waals surface area contributed by atoms with E-state index in [0.717, 1.165) is 27.9 Å². The molecular weight excluding hydrogens is 326 g/mol. The maximum Gasteiger partial charge on any atom is 0.271 e. The molecule has 0 saturated heterocycles. The molecule has 0 aliphatic heterocycles. The number of benzene rings is 2. The number of amides is 2. The zero-order valence-corrected chi connectivity index (χ0v) is 15.9. The van der Waals surface area contributed by atoms with Crippen LogP contribution in [0.4, 0.5) is 5.69 Å². The fourth-order valence-corrected chi connectivity index (χ4v) is 2.87. The van der Waals surface area contributed by atoms with Crippen molar-refractivity contribution in [3.05, 3.63) is 64.2 Å². The van der Waals surface area contributed by atoms with E-state index in [2.05, 4.69) is 15.8 Å². The Morgan fingerprint density at radius 3 is 2.19 bits per heavy atom. The van der Waals surface area contributed by atoms with E-state index >= 15 is 0 Å². The Hall–Kier alpha value is -2.95. The summed E-state index contributed by atoms with van der Waals surface area (Å²) in [5.41, 5.74) is 8.53. The minimum Gasteiger partial charge on any atom is -0.325 e. The van der Waals surface area contributed by atoms with Gasteiger partial charge in [-0.05, 0) is 57.4 Å². The molecule has 0 bridgehead atoms. The molecule has 0 spiro atoms. The van der Waals surface area contributed by atoms with Crippen molar-refractivity contribution >= 4 is 23.2 Å². The fraction of sp³-hybridized carbons (Fsp3) is 0.286. The zero-order valence-electron chi connectivity index (χ0n) is 15.9. The highest BCUT2D eigenvalue weighted by molar-refractivity contribution is 6.06. The number of nitrogens with zero attached hydrogens (tertiary/aromatic N) is 1. The van der Waals surface area contributed by atoms with Gasteiger partial charge in [0.05, 0.1) is 6.42 Å². The van der Waals surface area contributed by atoms with Crippen LogP contribution in [0.15, 0.2) is 41.5 Å². The molecule has 0 aliphatic carbocycles. The third kappa shape index (κ3) is 5.02. The molecule has 2 amide bonds. The number of aryl methyl sites for hydroxylation is 4. The topological polar surface area (TPSA) is 70.6 Å². The van der Waals surface area contributed by atoms with Gasteiger partial charge < -0.3 is 5.32 Å². The lowest BCUT2D eigenvalue weighted by molar-refractivity contribution is -0.115. The van der Waals surface area contributed by atoms with Crippen LogP contribution in [0, 0.1) is 27.7 Å². The predicted molar refractivity (Wildman–Crippen MR) is 106 cm³/mol. The van der Waals surface area contributed by atoms with Gasteiger partial charge >= 0.3 is 0 Å². The number of hydrogen-bond acceptors (Lipinski definition) is 3. The molecule has 136 valence electrons. The Morgan fingerprint density at radius 1 is 0.962 bits per heavy atom. The minimum absolute atomic E-state index is 0.112. The van der Waals surface area contributed by atoms with Gasteiger partial charge in [-0.3, -0.25) is 9.59 Å². The predicted octanol–water partition coefficient (Wildman–Crippen LogP) is 4.05. The van der Waals surface area contributed by atoms with E-state index in [-0.39, 0.29) is 18.2 Å². The summed E-state index contributed by atoms with van der Waals surface area (Å²) in [6.45, 7) is 9.55. The zero-order chi connectivity index (χ0) is 19.3. The number of anilines is 1. The van der Waals surface area contributed by atoms with Gasteiger partial charge in [-0.15, -0.1) is 0 Å². The van der Waals surface area contributed by atoms with Crippen molar-refractivity contribution in [2.45, 2.75) is 41.0 Å². The van der Waals surface area contributed by atoms with Gasteiger partial charge in [-0.1, -0.05) is 35.9 Å². The summed E-state index contributed by atoms with van der Waals surface area (Å²) in [6, 6.07) is 11.4. The summed E-state index contributed by atoms with van der Waals surface area (Å²) < 4.78 is 0. The maximum absolute atomic E-state index is 12.3.